The van der Waals surface area contributed by atoms with Crippen molar-refractivity contribution in [1.29, 1.82) is 0 Å². The molecule has 2 aliphatic heterocycles. The number of esters is 1. The van der Waals surface area contributed by atoms with Crippen molar-refractivity contribution in [2.75, 3.05) is 13.7 Å². The van der Waals surface area contributed by atoms with Crippen molar-refractivity contribution >= 4 is 11.6 Å². The highest BCUT2D eigenvalue weighted by Crippen LogP contribution is 2.59. The van der Waals surface area contributed by atoms with Gasteiger partial charge in [-0.25, -0.2) is 9.78 Å². The third-order valence-corrected chi connectivity index (χ3v) is 5.82. The van der Waals surface area contributed by atoms with Crippen LogP contribution in [-0.4, -0.2) is 34.7 Å². The zero-order chi connectivity index (χ0) is 17.1. The molecule has 2 bridgehead atoms. The highest BCUT2D eigenvalue weighted by Gasteiger charge is 2.63. The van der Waals surface area contributed by atoms with Crippen LogP contribution in [0.3, 0.4) is 0 Å². The minimum Gasteiger partial charge on any atom is -0.465 e. The molecule has 1 saturated carbocycles. The second-order valence-corrected chi connectivity index (χ2v) is 7.64. The lowest BCUT2D eigenvalue weighted by atomic mass is 9.60. The zero-order valence-corrected chi connectivity index (χ0v) is 14.8. The highest BCUT2D eigenvalue weighted by atomic mass is 16.5. The molecule has 128 valence electrons. The van der Waals surface area contributed by atoms with Crippen LogP contribution >= 0.6 is 0 Å². The van der Waals surface area contributed by atoms with Gasteiger partial charge in [0.15, 0.2) is 0 Å². The third-order valence-electron chi connectivity index (χ3n) is 5.82. The van der Waals surface area contributed by atoms with E-state index in [1.807, 2.05) is 16.7 Å². The summed E-state index contributed by atoms with van der Waals surface area (Å²) in [5, 5.41) is 0. The van der Waals surface area contributed by atoms with E-state index in [-0.39, 0.29) is 22.9 Å². The molecule has 4 heterocycles. The van der Waals surface area contributed by atoms with Gasteiger partial charge in [0.25, 0.3) is 0 Å². The lowest BCUT2D eigenvalue weighted by Crippen LogP contribution is -2.46. The fraction of sp³-hybridized carbons (Fsp3) is 0.579. The number of imidazole rings is 1. The molecule has 0 radical (unpaired) electrons. The first-order valence-electron chi connectivity index (χ1n) is 8.67. The maximum atomic E-state index is 12.1. The minimum absolute atomic E-state index is 0.0610. The summed E-state index contributed by atoms with van der Waals surface area (Å²) in [4.78, 5) is 17.0. The molecule has 0 N–H and O–H groups in total. The molecule has 2 aromatic heterocycles. The standard InChI is InChI=1S/C19H24N2O3/c1-5-19-9-18(10-19,11-24-19)15-8-21-7-14(17(22)23-4)13(12(2)3)6-16(21)20-15/h6-8,12H,5,9-11H2,1-4H3. The average molecular weight is 328 g/mol. The van der Waals surface area contributed by atoms with Crippen LogP contribution in [0, 0.1) is 0 Å². The van der Waals surface area contributed by atoms with Crippen molar-refractivity contribution in [1.82, 2.24) is 9.38 Å². The fourth-order valence-corrected chi connectivity index (χ4v) is 4.35. The van der Waals surface area contributed by atoms with E-state index in [0.29, 0.717) is 5.56 Å². The minimum atomic E-state index is -0.299. The van der Waals surface area contributed by atoms with Gasteiger partial charge in [-0.1, -0.05) is 20.8 Å². The predicted octanol–water partition coefficient (Wildman–Crippen LogP) is 3.45. The fourth-order valence-electron chi connectivity index (χ4n) is 4.35. The van der Waals surface area contributed by atoms with Gasteiger partial charge in [-0.05, 0) is 36.8 Å². The van der Waals surface area contributed by atoms with Gasteiger partial charge in [0.2, 0.25) is 0 Å². The lowest BCUT2D eigenvalue weighted by Gasteiger charge is -2.43. The Labute approximate surface area is 142 Å². The number of nitrogens with zero attached hydrogens (tertiary/aromatic N) is 2. The van der Waals surface area contributed by atoms with E-state index in [9.17, 15) is 4.79 Å². The SMILES string of the molecule is CCC12CC(c3cn4cc(C(=O)OC)c(C(C)C)cc4n3)(CO1)C2. The number of rotatable bonds is 4. The number of carbonyl (C=O) groups is 1. The van der Waals surface area contributed by atoms with E-state index in [0.717, 1.165) is 42.8 Å². The smallest absolute Gasteiger partial charge is 0.339 e. The Morgan fingerprint density at radius 3 is 2.75 bits per heavy atom. The molecule has 0 amide bonds. The monoisotopic (exact) mass is 328 g/mol. The Hall–Kier alpha value is -1.88. The van der Waals surface area contributed by atoms with Crippen LogP contribution in [0.5, 0.6) is 0 Å². The molecular weight excluding hydrogens is 304 g/mol. The van der Waals surface area contributed by atoms with Gasteiger partial charge in [0.05, 0.1) is 30.6 Å². The van der Waals surface area contributed by atoms with E-state index >= 15 is 0 Å². The number of aromatic nitrogens is 2. The molecule has 3 fully saturated rings. The van der Waals surface area contributed by atoms with Crippen LogP contribution in [0.2, 0.25) is 0 Å². The molecule has 0 unspecified atom stereocenters. The molecule has 2 saturated heterocycles. The van der Waals surface area contributed by atoms with Crippen molar-refractivity contribution in [3.8, 4) is 0 Å². The zero-order valence-electron chi connectivity index (χ0n) is 14.8. The first kappa shape index (κ1) is 15.6. The van der Waals surface area contributed by atoms with Gasteiger partial charge in [0, 0.05) is 17.8 Å². The number of fused-ring (bicyclic) bond motifs is 2. The normalized spacial score (nSPS) is 28.4. The summed E-state index contributed by atoms with van der Waals surface area (Å²) < 4.78 is 12.9. The van der Waals surface area contributed by atoms with Crippen LogP contribution in [0.1, 0.15) is 67.6 Å². The van der Waals surface area contributed by atoms with Gasteiger partial charge in [0.1, 0.15) is 5.65 Å². The number of pyridine rings is 1. The molecule has 0 atom stereocenters. The van der Waals surface area contributed by atoms with Gasteiger partial charge in [-0.2, -0.15) is 0 Å². The highest BCUT2D eigenvalue weighted by molar-refractivity contribution is 5.91. The summed E-state index contributed by atoms with van der Waals surface area (Å²) in [5.74, 6) is -0.0690. The van der Waals surface area contributed by atoms with Crippen molar-refractivity contribution in [3.05, 3.63) is 35.3 Å². The number of hydrogen-bond acceptors (Lipinski definition) is 4. The summed E-state index contributed by atoms with van der Waals surface area (Å²) in [6.45, 7) is 7.10. The lowest BCUT2D eigenvalue weighted by molar-refractivity contribution is -0.00634. The van der Waals surface area contributed by atoms with E-state index in [1.54, 1.807) is 0 Å². The van der Waals surface area contributed by atoms with Crippen molar-refractivity contribution in [3.63, 3.8) is 0 Å². The quantitative estimate of drug-likeness (QED) is 0.807. The number of methoxy groups -OCH3 is 1. The molecule has 0 aromatic carbocycles. The Balaban J connectivity index is 1.78. The van der Waals surface area contributed by atoms with E-state index < -0.39 is 0 Å². The largest absolute Gasteiger partial charge is 0.465 e. The number of carbonyl (C=O) groups excluding carboxylic acids is 1. The molecule has 0 spiro atoms. The van der Waals surface area contributed by atoms with Crippen molar-refractivity contribution < 1.29 is 14.3 Å². The van der Waals surface area contributed by atoms with Gasteiger partial charge in [-0.3, -0.25) is 0 Å². The average Bonchev–Trinajstić information content (AvgIpc) is 3.22. The Bertz CT molecular complexity index is 815. The van der Waals surface area contributed by atoms with E-state index in [2.05, 4.69) is 27.0 Å². The third kappa shape index (κ3) is 2.04. The van der Waals surface area contributed by atoms with Crippen LogP contribution in [-0.2, 0) is 14.9 Å². The van der Waals surface area contributed by atoms with Crippen LogP contribution < -0.4 is 0 Å². The maximum absolute atomic E-state index is 12.1. The van der Waals surface area contributed by atoms with Gasteiger partial charge < -0.3 is 13.9 Å². The van der Waals surface area contributed by atoms with Crippen LogP contribution in [0.4, 0.5) is 0 Å². The van der Waals surface area contributed by atoms with Crippen LogP contribution in [0.25, 0.3) is 5.65 Å². The number of hydrogen-bond donors (Lipinski definition) is 0. The first-order valence-corrected chi connectivity index (χ1v) is 8.67. The molecule has 5 heteroatoms. The molecule has 24 heavy (non-hydrogen) atoms. The Morgan fingerprint density at radius 1 is 1.42 bits per heavy atom. The molecule has 2 aromatic rings. The summed E-state index contributed by atoms with van der Waals surface area (Å²) in [6.07, 6.45) is 7.08. The van der Waals surface area contributed by atoms with Gasteiger partial charge in [-0.15, -0.1) is 0 Å². The Morgan fingerprint density at radius 2 is 2.17 bits per heavy atom. The first-order chi connectivity index (χ1) is 11.4. The predicted molar refractivity (Wildman–Crippen MR) is 90.5 cm³/mol. The summed E-state index contributed by atoms with van der Waals surface area (Å²) >= 11 is 0. The van der Waals surface area contributed by atoms with E-state index in [1.165, 1.54) is 7.11 Å². The Kier molecular flexibility index (Phi) is 3.29. The van der Waals surface area contributed by atoms with Crippen molar-refractivity contribution in [2.45, 2.75) is 57.0 Å². The summed E-state index contributed by atoms with van der Waals surface area (Å²) in [6, 6.07) is 2.01. The summed E-state index contributed by atoms with van der Waals surface area (Å²) in [5.41, 5.74) is 3.70. The topological polar surface area (TPSA) is 52.8 Å². The summed E-state index contributed by atoms with van der Waals surface area (Å²) in [7, 11) is 1.42. The molecule has 3 aliphatic rings. The van der Waals surface area contributed by atoms with Crippen molar-refractivity contribution in [2.24, 2.45) is 0 Å². The van der Waals surface area contributed by atoms with Crippen LogP contribution in [0.15, 0.2) is 18.5 Å². The van der Waals surface area contributed by atoms with E-state index in [4.69, 9.17) is 14.5 Å². The second-order valence-electron chi connectivity index (χ2n) is 7.64. The molecular formula is C19H24N2O3. The molecule has 1 aliphatic carbocycles. The number of ether oxygens (including phenoxy) is 2. The van der Waals surface area contributed by atoms with Gasteiger partial charge >= 0.3 is 5.97 Å². The second kappa shape index (κ2) is 5.06. The molecule has 5 rings (SSSR count). The maximum Gasteiger partial charge on any atom is 0.339 e. The molecule has 5 nitrogen and oxygen atoms in total.